The van der Waals surface area contributed by atoms with Gasteiger partial charge in [0, 0.05) is 12.3 Å². The van der Waals surface area contributed by atoms with Gasteiger partial charge in [0.1, 0.15) is 12.1 Å². The Kier molecular flexibility index (Phi) is 15.1. The molecule has 3 amide bonds. The van der Waals surface area contributed by atoms with E-state index in [4.69, 9.17) is 0 Å². The lowest BCUT2D eigenvalue weighted by Gasteiger charge is -2.44. The van der Waals surface area contributed by atoms with Crippen molar-refractivity contribution in [1.29, 1.82) is 0 Å². The van der Waals surface area contributed by atoms with Crippen LogP contribution in [-0.2, 0) is 20.8 Å². The third-order valence-electron chi connectivity index (χ3n) is 10.0. The van der Waals surface area contributed by atoms with Gasteiger partial charge in [0.05, 0.1) is 16.2 Å². The molecule has 2 aliphatic carbocycles. The average molecular weight is 674 g/mol. The summed E-state index contributed by atoms with van der Waals surface area (Å²) in [5, 5.41) is 21.5. The van der Waals surface area contributed by atoms with Crippen LogP contribution in [0.3, 0.4) is 0 Å². The van der Waals surface area contributed by atoms with Crippen molar-refractivity contribution in [2.24, 2.45) is 17.8 Å². The average Bonchev–Trinajstić information content (AvgIpc) is 3.60. The standard InChI is InChI=1S/C37H59N3O4S2/c1-4-20-37(45-21-13-22-46-37)33(41)30(24-27-14-7-5-8-15-27)38-35(43)31(23-26(2)3)40-36(44)32(25-28-16-9-6-10-17-28)39-34(42)29-18-11-12-19-29/h6,9-10,16-17,26-27,29-33,41H,4-5,7-8,11-15,18-25H2,1-3H3,(H,38,43)(H,39,42)(H,40,44)/t30-,31-,32-,33+/m0/s1. The summed E-state index contributed by atoms with van der Waals surface area (Å²) in [7, 11) is 0. The zero-order chi connectivity index (χ0) is 32.9. The van der Waals surface area contributed by atoms with Gasteiger partial charge in [0.2, 0.25) is 17.7 Å². The van der Waals surface area contributed by atoms with Crippen LogP contribution in [0.4, 0.5) is 0 Å². The Morgan fingerprint density at radius 1 is 0.848 bits per heavy atom. The number of amides is 3. The number of hydrogen-bond acceptors (Lipinski definition) is 6. The van der Waals surface area contributed by atoms with E-state index in [0.29, 0.717) is 18.8 Å². The second kappa shape index (κ2) is 18.7. The van der Waals surface area contributed by atoms with Crippen LogP contribution in [0.2, 0.25) is 0 Å². The summed E-state index contributed by atoms with van der Waals surface area (Å²) < 4.78 is -0.332. The normalized spacial score (nSPS) is 21.7. The molecule has 0 radical (unpaired) electrons. The Balaban J connectivity index is 1.53. The van der Waals surface area contributed by atoms with E-state index in [1.807, 2.05) is 53.9 Å². The predicted molar refractivity (Wildman–Crippen MR) is 192 cm³/mol. The molecule has 1 aromatic carbocycles. The molecule has 2 saturated carbocycles. The van der Waals surface area contributed by atoms with E-state index in [1.165, 1.54) is 19.3 Å². The Labute approximate surface area is 286 Å². The predicted octanol–water partition coefficient (Wildman–Crippen LogP) is 6.62. The summed E-state index contributed by atoms with van der Waals surface area (Å²) in [4.78, 5) is 41.3. The fourth-order valence-corrected chi connectivity index (χ4v) is 11.2. The van der Waals surface area contributed by atoms with Gasteiger partial charge in [-0.3, -0.25) is 14.4 Å². The van der Waals surface area contributed by atoms with E-state index in [-0.39, 0.29) is 39.7 Å². The van der Waals surface area contributed by atoms with Crippen LogP contribution in [0, 0.1) is 17.8 Å². The number of benzene rings is 1. The summed E-state index contributed by atoms with van der Waals surface area (Å²) in [5.41, 5.74) is 0.957. The van der Waals surface area contributed by atoms with Crippen molar-refractivity contribution in [3.05, 3.63) is 35.9 Å². The molecule has 7 nitrogen and oxygen atoms in total. The smallest absolute Gasteiger partial charge is 0.243 e. The molecule has 0 bridgehead atoms. The molecule has 1 aliphatic heterocycles. The highest BCUT2D eigenvalue weighted by molar-refractivity contribution is 8.18. The van der Waals surface area contributed by atoms with Crippen LogP contribution in [0.1, 0.15) is 116 Å². The fraction of sp³-hybridized carbons (Fsp3) is 0.757. The topological polar surface area (TPSA) is 108 Å². The van der Waals surface area contributed by atoms with Crippen molar-refractivity contribution in [3.8, 4) is 0 Å². The molecular weight excluding hydrogens is 615 g/mol. The zero-order valence-electron chi connectivity index (χ0n) is 28.4. The van der Waals surface area contributed by atoms with Gasteiger partial charge in [-0.15, -0.1) is 23.5 Å². The molecule has 4 N–H and O–H groups in total. The number of carbonyl (C=O) groups is 3. The van der Waals surface area contributed by atoms with Crippen molar-refractivity contribution in [3.63, 3.8) is 0 Å². The first-order chi connectivity index (χ1) is 22.2. The molecule has 4 rings (SSSR count). The molecular formula is C37H59N3O4S2. The van der Waals surface area contributed by atoms with Crippen molar-refractivity contribution >= 4 is 41.2 Å². The van der Waals surface area contributed by atoms with E-state index in [2.05, 4.69) is 36.7 Å². The molecule has 258 valence electrons. The molecule has 1 aromatic rings. The number of nitrogens with one attached hydrogen (secondary N) is 3. The molecule has 1 saturated heterocycles. The maximum Gasteiger partial charge on any atom is 0.243 e. The monoisotopic (exact) mass is 673 g/mol. The lowest BCUT2D eigenvalue weighted by atomic mass is 9.83. The lowest BCUT2D eigenvalue weighted by Crippen LogP contribution is -2.59. The molecule has 0 unspecified atom stereocenters. The van der Waals surface area contributed by atoms with Crippen molar-refractivity contribution < 1.29 is 19.5 Å². The quantitative estimate of drug-likeness (QED) is 0.157. The third-order valence-corrected chi connectivity index (χ3v) is 13.6. The minimum atomic E-state index is -0.774. The first-order valence-corrected chi connectivity index (χ1v) is 20.1. The van der Waals surface area contributed by atoms with Gasteiger partial charge in [-0.25, -0.2) is 0 Å². The largest absolute Gasteiger partial charge is 0.389 e. The van der Waals surface area contributed by atoms with Crippen LogP contribution in [0.25, 0.3) is 0 Å². The van der Waals surface area contributed by atoms with Crippen LogP contribution in [-0.4, -0.2) is 62.6 Å². The first kappa shape index (κ1) is 37.1. The van der Waals surface area contributed by atoms with Gasteiger partial charge in [0.25, 0.3) is 0 Å². The highest BCUT2D eigenvalue weighted by Gasteiger charge is 2.45. The summed E-state index contributed by atoms with van der Waals surface area (Å²) >= 11 is 3.73. The van der Waals surface area contributed by atoms with Crippen LogP contribution >= 0.6 is 23.5 Å². The Morgan fingerprint density at radius 3 is 2.11 bits per heavy atom. The van der Waals surface area contributed by atoms with Crippen LogP contribution in [0.5, 0.6) is 0 Å². The van der Waals surface area contributed by atoms with Gasteiger partial charge in [-0.1, -0.05) is 102 Å². The Bertz CT molecular complexity index is 1080. The molecule has 0 spiro atoms. The minimum Gasteiger partial charge on any atom is -0.389 e. The highest BCUT2D eigenvalue weighted by Crippen LogP contribution is 2.49. The maximum atomic E-state index is 14.2. The second-order valence-electron chi connectivity index (χ2n) is 14.3. The van der Waals surface area contributed by atoms with Crippen molar-refractivity contribution in [2.45, 2.75) is 145 Å². The van der Waals surface area contributed by atoms with Gasteiger partial charge in [-0.05, 0) is 67.4 Å². The van der Waals surface area contributed by atoms with Gasteiger partial charge < -0.3 is 21.1 Å². The number of aliphatic hydroxyl groups excluding tert-OH is 1. The van der Waals surface area contributed by atoms with Crippen molar-refractivity contribution in [2.75, 3.05) is 11.5 Å². The zero-order valence-corrected chi connectivity index (χ0v) is 30.1. The highest BCUT2D eigenvalue weighted by atomic mass is 32.2. The third kappa shape index (κ3) is 10.9. The number of rotatable bonds is 16. The Morgan fingerprint density at radius 2 is 1.48 bits per heavy atom. The maximum absolute atomic E-state index is 14.2. The molecule has 3 fully saturated rings. The summed E-state index contributed by atoms with van der Waals surface area (Å²) in [6.45, 7) is 6.27. The number of hydrogen-bond donors (Lipinski definition) is 4. The summed E-state index contributed by atoms with van der Waals surface area (Å²) in [6.07, 6.45) is 13.6. The van der Waals surface area contributed by atoms with Gasteiger partial charge in [0.15, 0.2) is 0 Å². The molecule has 1 heterocycles. The number of carbonyl (C=O) groups excluding carboxylic acids is 3. The second-order valence-corrected chi connectivity index (χ2v) is 17.4. The molecule has 3 aliphatic rings. The molecule has 0 aromatic heterocycles. The summed E-state index contributed by atoms with van der Waals surface area (Å²) in [5.74, 6) is 1.98. The molecule has 4 atom stereocenters. The van der Waals surface area contributed by atoms with E-state index >= 15 is 0 Å². The van der Waals surface area contributed by atoms with E-state index in [1.54, 1.807) is 0 Å². The van der Waals surface area contributed by atoms with Gasteiger partial charge in [-0.2, -0.15) is 0 Å². The van der Waals surface area contributed by atoms with E-state index in [9.17, 15) is 19.5 Å². The van der Waals surface area contributed by atoms with Gasteiger partial charge >= 0.3 is 0 Å². The number of thioether (sulfide) groups is 2. The molecule has 46 heavy (non-hydrogen) atoms. The first-order valence-electron chi connectivity index (χ1n) is 18.1. The van der Waals surface area contributed by atoms with Crippen LogP contribution < -0.4 is 16.0 Å². The number of aliphatic hydroxyl groups is 1. The van der Waals surface area contributed by atoms with Crippen molar-refractivity contribution in [1.82, 2.24) is 16.0 Å². The Hall–Kier alpha value is -1.71. The van der Waals surface area contributed by atoms with E-state index in [0.717, 1.165) is 81.3 Å². The SMILES string of the molecule is CCCC1([C@H](O)[C@H](CC2CCCCC2)NC(=O)[C@H](CC(C)C)NC(=O)[C@H](Cc2ccccc2)NC(=O)C2CCCC2)SCCCS1. The summed E-state index contributed by atoms with van der Waals surface area (Å²) in [6, 6.07) is 7.82. The van der Waals surface area contributed by atoms with E-state index < -0.39 is 18.2 Å². The van der Waals surface area contributed by atoms with Crippen LogP contribution in [0.15, 0.2) is 30.3 Å². The minimum absolute atomic E-state index is 0.0613. The fourth-order valence-electron chi connectivity index (χ4n) is 7.55. The molecule has 9 heteroatoms. The lowest BCUT2D eigenvalue weighted by molar-refractivity contribution is -0.133.